The molecule has 1 unspecified atom stereocenters. The summed E-state index contributed by atoms with van der Waals surface area (Å²) < 4.78 is 4.97. The summed E-state index contributed by atoms with van der Waals surface area (Å²) in [5.41, 5.74) is 5.32. The van der Waals surface area contributed by atoms with Crippen molar-refractivity contribution in [2.24, 2.45) is 0 Å². The Morgan fingerprint density at radius 3 is 2.50 bits per heavy atom. The zero-order valence-electron chi connectivity index (χ0n) is 18.9. The Balaban J connectivity index is 1.47. The molecule has 0 aliphatic carbocycles. The van der Waals surface area contributed by atoms with Gasteiger partial charge < -0.3 is 10.1 Å². The van der Waals surface area contributed by atoms with E-state index >= 15 is 0 Å². The second kappa shape index (κ2) is 10.0. The number of hydrogen-bond acceptors (Lipinski definition) is 7. The number of amides is 3. The van der Waals surface area contributed by atoms with Gasteiger partial charge in [-0.1, -0.05) is 24.3 Å². The molecule has 0 saturated carbocycles. The number of methoxy groups -OCH3 is 1. The molecule has 2 heterocycles. The van der Waals surface area contributed by atoms with Crippen LogP contribution >= 0.6 is 0 Å². The van der Waals surface area contributed by atoms with Crippen molar-refractivity contribution in [3.8, 4) is 0 Å². The Morgan fingerprint density at radius 2 is 1.85 bits per heavy atom. The first kappa shape index (κ1) is 23.4. The van der Waals surface area contributed by atoms with E-state index in [4.69, 9.17) is 9.94 Å². The predicted molar refractivity (Wildman–Crippen MR) is 123 cm³/mol. The van der Waals surface area contributed by atoms with Crippen LogP contribution in [0.1, 0.15) is 63.4 Å². The minimum atomic E-state index is -1.02. The maximum Gasteiger partial charge on any atom is 0.329 e. The van der Waals surface area contributed by atoms with Crippen molar-refractivity contribution in [3.05, 3.63) is 64.7 Å². The summed E-state index contributed by atoms with van der Waals surface area (Å²) in [5.74, 6) is -2.05. The lowest BCUT2D eigenvalue weighted by atomic mass is 9.92. The number of benzene rings is 2. The van der Waals surface area contributed by atoms with Crippen LogP contribution in [0.4, 0.5) is 5.69 Å². The van der Waals surface area contributed by atoms with Crippen LogP contribution in [0.15, 0.2) is 42.5 Å². The number of imide groups is 1. The van der Waals surface area contributed by atoms with Crippen LogP contribution < -0.4 is 10.8 Å². The van der Waals surface area contributed by atoms with Gasteiger partial charge in [0.1, 0.15) is 6.04 Å². The maximum absolute atomic E-state index is 13.0. The van der Waals surface area contributed by atoms with Crippen molar-refractivity contribution in [1.29, 1.82) is 0 Å². The third-order valence-electron chi connectivity index (χ3n) is 6.46. The fraction of sp³-hybridized carbons (Fsp3) is 0.360. The van der Waals surface area contributed by atoms with Crippen molar-refractivity contribution in [2.75, 3.05) is 19.0 Å². The molecule has 0 saturated heterocycles. The molecule has 2 aliphatic rings. The molecule has 0 aromatic heterocycles. The number of carbonyl (C=O) groups is 4. The van der Waals surface area contributed by atoms with E-state index in [9.17, 15) is 19.2 Å². The van der Waals surface area contributed by atoms with Crippen LogP contribution in [0, 0.1) is 0 Å². The van der Waals surface area contributed by atoms with Gasteiger partial charge in [-0.05, 0) is 55.0 Å². The summed E-state index contributed by atoms with van der Waals surface area (Å²) in [6, 6.07) is 11.6. The molecule has 2 aliphatic heterocycles. The van der Waals surface area contributed by atoms with E-state index in [2.05, 4.69) is 11.4 Å². The van der Waals surface area contributed by atoms with Gasteiger partial charge in [0, 0.05) is 24.6 Å². The number of esters is 1. The van der Waals surface area contributed by atoms with E-state index < -0.39 is 29.7 Å². The van der Waals surface area contributed by atoms with Crippen LogP contribution in [0.25, 0.3) is 0 Å². The molecule has 178 valence electrons. The zero-order chi connectivity index (χ0) is 24.2. The Labute approximate surface area is 197 Å². The lowest BCUT2D eigenvalue weighted by Crippen LogP contribution is -2.46. The fourth-order valence-electron chi connectivity index (χ4n) is 4.70. The van der Waals surface area contributed by atoms with Crippen LogP contribution in [-0.4, -0.2) is 53.5 Å². The van der Waals surface area contributed by atoms with Crippen molar-refractivity contribution in [3.63, 3.8) is 0 Å². The molecule has 0 fully saturated rings. The number of rotatable bonds is 9. The highest BCUT2D eigenvalue weighted by atomic mass is 16.5. The Morgan fingerprint density at radius 1 is 1.15 bits per heavy atom. The average molecular weight is 466 g/mol. The highest BCUT2D eigenvalue weighted by Gasteiger charge is 2.44. The number of hydroxylamine groups is 1. The van der Waals surface area contributed by atoms with Gasteiger partial charge in [0.2, 0.25) is 5.91 Å². The minimum Gasteiger partial charge on any atom is -0.467 e. The van der Waals surface area contributed by atoms with E-state index in [0.717, 1.165) is 34.6 Å². The van der Waals surface area contributed by atoms with E-state index in [1.165, 1.54) is 7.11 Å². The third kappa shape index (κ3) is 4.51. The largest absolute Gasteiger partial charge is 0.467 e. The predicted octanol–water partition coefficient (Wildman–Crippen LogP) is 2.64. The first-order chi connectivity index (χ1) is 16.4. The molecule has 2 atom stereocenters. The first-order valence-corrected chi connectivity index (χ1v) is 11.3. The number of nitrogens with one attached hydrogen (secondary N) is 2. The number of carbonyl (C=O) groups excluding carboxylic acids is 4. The van der Waals surface area contributed by atoms with Gasteiger partial charge in [0.15, 0.2) is 0 Å². The molecule has 34 heavy (non-hydrogen) atoms. The van der Waals surface area contributed by atoms with Crippen molar-refractivity contribution in [2.45, 2.75) is 44.1 Å². The van der Waals surface area contributed by atoms with Gasteiger partial charge in [0.05, 0.1) is 18.2 Å². The lowest BCUT2D eigenvalue weighted by molar-refractivity contribution is -0.145. The van der Waals surface area contributed by atoms with Gasteiger partial charge in [0.25, 0.3) is 11.8 Å². The second-order valence-corrected chi connectivity index (χ2v) is 8.54. The molecular weight excluding hydrogens is 438 g/mol. The highest BCUT2D eigenvalue weighted by molar-refractivity contribution is 6.22. The molecule has 3 N–H and O–H groups in total. The SMILES string of the molecule is COC(=O)[C@H](CC1CNc2cc(CCCCC(=O)NO)ccc21)N1C(=O)c2ccccc2C1=O. The molecule has 4 rings (SSSR count). The second-order valence-electron chi connectivity index (χ2n) is 8.54. The van der Waals surface area contributed by atoms with Crippen molar-refractivity contribution < 1.29 is 29.1 Å². The topological polar surface area (TPSA) is 125 Å². The number of anilines is 1. The van der Waals surface area contributed by atoms with Crippen LogP contribution in [-0.2, 0) is 20.7 Å². The van der Waals surface area contributed by atoms with E-state index in [-0.39, 0.29) is 18.8 Å². The van der Waals surface area contributed by atoms with Crippen LogP contribution in [0.5, 0.6) is 0 Å². The third-order valence-corrected chi connectivity index (χ3v) is 6.46. The fourth-order valence-corrected chi connectivity index (χ4v) is 4.70. The molecule has 9 nitrogen and oxygen atoms in total. The molecule has 0 bridgehead atoms. The maximum atomic E-state index is 13.0. The zero-order valence-corrected chi connectivity index (χ0v) is 18.9. The first-order valence-electron chi connectivity index (χ1n) is 11.3. The minimum absolute atomic E-state index is 0.0780. The Kier molecular flexibility index (Phi) is 6.93. The summed E-state index contributed by atoms with van der Waals surface area (Å²) in [6.45, 7) is 0.576. The standard InChI is InChI=1S/C25H27N3O6/c1-34-25(32)21(28-23(30)18-7-3-4-8-19(18)24(28)31)13-16-14-26-20-12-15(10-11-17(16)20)6-2-5-9-22(29)27-33/h3-4,7-8,10-12,16,21,26,33H,2,5-6,9,13-14H2,1H3,(H,27,29)/t16?,21-/m0/s1. The molecule has 2 aromatic carbocycles. The van der Waals surface area contributed by atoms with Gasteiger partial charge in [-0.25, -0.2) is 10.3 Å². The average Bonchev–Trinajstić information content (AvgIpc) is 3.37. The Bertz CT molecular complexity index is 1100. The molecule has 3 amide bonds. The lowest BCUT2D eigenvalue weighted by Gasteiger charge is -2.26. The molecule has 9 heteroatoms. The van der Waals surface area contributed by atoms with Gasteiger partial charge >= 0.3 is 5.97 Å². The number of nitrogens with zero attached hydrogens (tertiary/aromatic N) is 1. The Hall–Kier alpha value is -3.72. The van der Waals surface area contributed by atoms with Crippen LogP contribution in [0.3, 0.4) is 0 Å². The van der Waals surface area contributed by atoms with E-state index in [0.29, 0.717) is 24.1 Å². The number of hydrogen-bond donors (Lipinski definition) is 3. The molecule has 0 spiro atoms. The number of aryl methyl sites for hydroxylation is 1. The molecule has 2 aromatic rings. The summed E-state index contributed by atoms with van der Waals surface area (Å²) in [6.07, 6.45) is 2.79. The van der Waals surface area contributed by atoms with Crippen LogP contribution in [0.2, 0.25) is 0 Å². The van der Waals surface area contributed by atoms with Gasteiger partial charge in [-0.15, -0.1) is 0 Å². The molecular formula is C25H27N3O6. The van der Waals surface area contributed by atoms with Crippen molar-refractivity contribution in [1.82, 2.24) is 10.4 Å². The summed E-state index contributed by atoms with van der Waals surface area (Å²) >= 11 is 0. The summed E-state index contributed by atoms with van der Waals surface area (Å²) in [7, 11) is 1.25. The summed E-state index contributed by atoms with van der Waals surface area (Å²) in [5, 5.41) is 11.9. The molecule has 0 radical (unpaired) electrons. The number of fused-ring (bicyclic) bond motifs is 2. The van der Waals surface area contributed by atoms with E-state index in [1.54, 1.807) is 29.7 Å². The summed E-state index contributed by atoms with van der Waals surface area (Å²) in [4.78, 5) is 50.8. The number of unbranched alkanes of at least 4 members (excludes halogenated alkanes) is 1. The quantitative estimate of drug-likeness (QED) is 0.171. The van der Waals surface area contributed by atoms with Gasteiger partial charge in [-0.3, -0.25) is 24.5 Å². The van der Waals surface area contributed by atoms with Crippen molar-refractivity contribution >= 4 is 29.4 Å². The number of ether oxygens (including phenoxy) is 1. The van der Waals surface area contributed by atoms with E-state index in [1.807, 2.05) is 12.1 Å². The monoisotopic (exact) mass is 465 g/mol. The smallest absolute Gasteiger partial charge is 0.329 e. The highest BCUT2D eigenvalue weighted by Crippen LogP contribution is 2.37. The normalized spacial score (nSPS) is 17.1. The van der Waals surface area contributed by atoms with Gasteiger partial charge in [-0.2, -0.15) is 0 Å².